The van der Waals surface area contributed by atoms with Crippen LogP contribution < -0.4 is 10.8 Å². The number of pyridine rings is 1. The van der Waals surface area contributed by atoms with Crippen molar-refractivity contribution in [2.45, 2.75) is 6.42 Å². The highest BCUT2D eigenvalue weighted by molar-refractivity contribution is 5.92. The van der Waals surface area contributed by atoms with Gasteiger partial charge in [-0.05, 0) is 23.8 Å². The second kappa shape index (κ2) is 7.70. The monoisotopic (exact) mass is 297 g/mol. The lowest BCUT2D eigenvalue weighted by molar-refractivity contribution is -0.124. The number of carbonyl (C=O) groups excluding carboxylic acids is 2. The second-order valence-electron chi connectivity index (χ2n) is 4.49. The smallest absolute Gasteiger partial charge is 0.267 e. The number of anilines is 1. The predicted molar refractivity (Wildman–Crippen MR) is 82.0 cm³/mol. The zero-order valence-corrected chi connectivity index (χ0v) is 11.7. The van der Waals surface area contributed by atoms with Gasteiger partial charge in [-0.25, -0.2) is 5.48 Å². The minimum atomic E-state index is -0.637. The highest BCUT2D eigenvalue weighted by atomic mass is 16.5. The Balaban J connectivity index is 1.92. The summed E-state index contributed by atoms with van der Waals surface area (Å²) >= 11 is 0. The molecule has 0 aliphatic heterocycles. The zero-order chi connectivity index (χ0) is 15.8. The second-order valence-corrected chi connectivity index (χ2v) is 4.49. The number of nitrogens with zero attached hydrogens (tertiary/aromatic N) is 1. The summed E-state index contributed by atoms with van der Waals surface area (Å²) in [6.45, 7) is 0. The Bertz CT molecular complexity index is 667. The normalized spacial score (nSPS) is 10.4. The number of hydrogen-bond acceptors (Lipinski definition) is 4. The number of nitrogens with one attached hydrogen (secondary N) is 2. The Hall–Kier alpha value is -2.99. The van der Waals surface area contributed by atoms with Crippen molar-refractivity contribution >= 4 is 23.6 Å². The van der Waals surface area contributed by atoms with Gasteiger partial charge < -0.3 is 5.32 Å². The third-order valence-electron chi connectivity index (χ3n) is 2.79. The third kappa shape index (κ3) is 4.84. The highest BCUT2D eigenvalue weighted by Crippen LogP contribution is 2.09. The van der Waals surface area contributed by atoms with Gasteiger partial charge in [-0.2, -0.15) is 0 Å². The van der Waals surface area contributed by atoms with Crippen LogP contribution in [0.2, 0.25) is 0 Å². The lowest BCUT2D eigenvalue weighted by Gasteiger charge is -2.05. The van der Waals surface area contributed by atoms with E-state index in [-0.39, 0.29) is 5.91 Å². The molecule has 0 unspecified atom stereocenters. The van der Waals surface area contributed by atoms with Gasteiger partial charge in [0.2, 0.25) is 5.91 Å². The van der Waals surface area contributed by atoms with Crippen molar-refractivity contribution in [1.29, 1.82) is 0 Å². The van der Waals surface area contributed by atoms with E-state index in [0.29, 0.717) is 17.8 Å². The van der Waals surface area contributed by atoms with E-state index in [9.17, 15) is 9.59 Å². The molecule has 0 bridgehead atoms. The summed E-state index contributed by atoms with van der Waals surface area (Å²) in [5.74, 6) is -0.766. The molecule has 2 rings (SSSR count). The molecule has 1 aromatic carbocycles. The van der Waals surface area contributed by atoms with Crippen LogP contribution >= 0.6 is 0 Å². The van der Waals surface area contributed by atoms with E-state index in [2.05, 4.69) is 10.3 Å². The molecule has 112 valence electrons. The fraction of sp³-hybridized carbons (Fsp3) is 0.0625. The van der Waals surface area contributed by atoms with E-state index in [0.717, 1.165) is 11.6 Å². The minimum Gasteiger partial charge on any atom is -0.324 e. The van der Waals surface area contributed by atoms with E-state index < -0.39 is 5.91 Å². The molecular weight excluding hydrogens is 282 g/mol. The average Bonchev–Trinajstić information content (AvgIpc) is 2.54. The molecule has 0 fully saturated rings. The molecule has 2 amide bonds. The quantitative estimate of drug-likeness (QED) is 0.446. The fourth-order valence-corrected chi connectivity index (χ4v) is 1.76. The first kappa shape index (κ1) is 15.4. The molecule has 0 aliphatic carbocycles. The Labute approximate surface area is 127 Å². The first-order valence-corrected chi connectivity index (χ1v) is 6.59. The van der Waals surface area contributed by atoms with E-state index in [4.69, 9.17) is 5.21 Å². The van der Waals surface area contributed by atoms with Crippen LogP contribution in [-0.2, 0) is 16.0 Å². The Morgan fingerprint density at radius 1 is 1.14 bits per heavy atom. The van der Waals surface area contributed by atoms with Crippen molar-refractivity contribution in [2.24, 2.45) is 0 Å². The summed E-state index contributed by atoms with van der Waals surface area (Å²) in [6.07, 6.45) is 4.38. The van der Waals surface area contributed by atoms with Crippen molar-refractivity contribution in [2.75, 3.05) is 5.32 Å². The van der Waals surface area contributed by atoms with Gasteiger partial charge in [0.15, 0.2) is 0 Å². The molecule has 6 heteroatoms. The van der Waals surface area contributed by atoms with Crippen molar-refractivity contribution < 1.29 is 14.8 Å². The standard InChI is InChI=1S/C16H15N3O3/c20-15(19-22)9-8-13-6-7-14(11-17-13)18-16(21)10-12-4-2-1-3-5-12/h1-9,11,22H,10H2,(H,18,21)(H,19,20)/b9-8+. The number of hydroxylamine groups is 1. The van der Waals surface area contributed by atoms with Crippen molar-refractivity contribution in [1.82, 2.24) is 10.5 Å². The maximum absolute atomic E-state index is 11.9. The summed E-state index contributed by atoms with van der Waals surface area (Å²) in [5, 5.41) is 11.1. The molecule has 0 atom stereocenters. The number of carbonyl (C=O) groups is 2. The summed E-state index contributed by atoms with van der Waals surface area (Å²) in [7, 11) is 0. The van der Waals surface area contributed by atoms with Gasteiger partial charge in [0, 0.05) is 6.08 Å². The van der Waals surface area contributed by atoms with Gasteiger partial charge in [0.05, 0.1) is 24.0 Å². The van der Waals surface area contributed by atoms with Crippen LogP contribution in [0.1, 0.15) is 11.3 Å². The number of benzene rings is 1. The SMILES string of the molecule is O=C(/C=C/c1ccc(NC(=O)Cc2ccccc2)cn1)NO. The van der Waals surface area contributed by atoms with Crippen molar-refractivity contribution in [3.63, 3.8) is 0 Å². The average molecular weight is 297 g/mol. The summed E-state index contributed by atoms with van der Waals surface area (Å²) in [5.41, 5.74) is 3.52. The molecule has 2 aromatic rings. The van der Waals surface area contributed by atoms with Crippen LogP contribution in [0.3, 0.4) is 0 Å². The molecule has 3 N–H and O–H groups in total. The Kier molecular flexibility index (Phi) is 5.39. The molecule has 22 heavy (non-hydrogen) atoms. The molecule has 0 aliphatic rings. The highest BCUT2D eigenvalue weighted by Gasteiger charge is 2.04. The number of rotatable bonds is 5. The molecule has 0 saturated carbocycles. The van der Waals surface area contributed by atoms with Gasteiger partial charge in [0.1, 0.15) is 0 Å². The third-order valence-corrected chi connectivity index (χ3v) is 2.79. The van der Waals surface area contributed by atoms with Crippen LogP contribution in [0.5, 0.6) is 0 Å². The van der Waals surface area contributed by atoms with Gasteiger partial charge in [-0.15, -0.1) is 0 Å². The number of aromatic nitrogens is 1. The summed E-state index contributed by atoms with van der Waals surface area (Å²) in [4.78, 5) is 26.8. The van der Waals surface area contributed by atoms with E-state index in [1.165, 1.54) is 17.8 Å². The van der Waals surface area contributed by atoms with Crippen LogP contribution in [0, 0.1) is 0 Å². The summed E-state index contributed by atoms with van der Waals surface area (Å²) < 4.78 is 0. The lowest BCUT2D eigenvalue weighted by atomic mass is 10.1. The molecular formula is C16H15N3O3. The number of hydrogen-bond donors (Lipinski definition) is 3. The molecule has 1 heterocycles. The molecule has 1 aromatic heterocycles. The topological polar surface area (TPSA) is 91.3 Å². The minimum absolute atomic E-state index is 0.129. The predicted octanol–water partition coefficient (Wildman–Crippen LogP) is 1.78. The largest absolute Gasteiger partial charge is 0.324 e. The van der Waals surface area contributed by atoms with Crippen LogP contribution in [0.25, 0.3) is 6.08 Å². The van der Waals surface area contributed by atoms with Crippen LogP contribution in [0.15, 0.2) is 54.7 Å². The van der Waals surface area contributed by atoms with Gasteiger partial charge >= 0.3 is 0 Å². The lowest BCUT2D eigenvalue weighted by Crippen LogP contribution is -2.15. The molecule has 0 saturated heterocycles. The zero-order valence-electron chi connectivity index (χ0n) is 11.7. The van der Waals surface area contributed by atoms with Crippen LogP contribution in [0.4, 0.5) is 5.69 Å². The van der Waals surface area contributed by atoms with Crippen molar-refractivity contribution in [3.05, 3.63) is 66.0 Å². The van der Waals surface area contributed by atoms with E-state index in [1.807, 2.05) is 30.3 Å². The Morgan fingerprint density at radius 2 is 1.91 bits per heavy atom. The fourth-order valence-electron chi connectivity index (χ4n) is 1.76. The number of amides is 2. The van der Waals surface area contributed by atoms with Crippen molar-refractivity contribution in [3.8, 4) is 0 Å². The molecule has 0 spiro atoms. The van der Waals surface area contributed by atoms with Gasteiger partial charge in [-0.3, -0.25) is 19.8 Å². The first-order chi connectivity index (χ1) is 10.7. The van der Waals surface area contributed by atoms with Gasteiger partial charge in [0.25, 0.3) is 5.91 Å². The first-order valence-electron chi connectivity index (χ1n) is 6.59. The molecule has 6 nitrogen and oxygen atoms in total. The maximum atomic E-state index is 11.9. The van der Waals surface area contributed by atoms with E-state index >= 15 is 0 Å². The van der Waals surface area contributed by atoms with Gasteiger partial charge in [-0.1, -0.05) is 30.3 Å². The van der Waals surface area contributed by atoms with Crippen LogP contribution in [-0.4, -0.2) is 22.0 Å². The summed E-state index contributed by atoms with van der Waals surface area (Å²) in [6, 6.07) is 12.8. The Morgan fingerprint density at radius 3 is 2.55 bits per heavy atom. The van der Waals surface area contributed by atoms with E-state index in [1.54, 1.807) is 12.1 Å². The maximum Gasteiger partial charge on any atom is 0.267 e. The molecule has 0 radical (unpaired) electrons.